The molecule has 1 saturated heterocycles. The highest BCUT2D eigenvalue weighted by atomic mass is 16.4. The molecule has 1 fully saturated rings. The van der Waals surface area contributed by atoms with E-state index in [0.717, 1.165) is 19.6 Å². The molecule has 3 nitrogen and oxygen atoms in total. The Kier molecular flexibility index (Phi) is 3.18. The molecule has 1 radical (unpaired) electrons. The first kappa shape index (κ1) is 8.05. The molecule has 0 aromatic carbocycles. The van der Waals surface area contributed by atoms with Gasteiger partial charge in [0, 0.05) is 32.8 Å². The molecular formula is C6H14BN2O. The second kappa shape index (κ2) is 3.96. The third-order valence-electron chi connectivity index (χ3n) is 1.65. The Bertz CT molecular complexity index is 99.7. The predicted octanol–water partition coefficient (Wildman–Crippen LogP) is -0.539. The Morgan fingerprint density at radius 3 is 3.10 bits per heavy atom. The fraction of sp³-hybridized carbons (Fsp3) is 1.00. The summed E-state index contributed by atoms with van der Waals surface area (Å²) in [6.07, 6.45) is 0. The van der Waals surface area contributed by atoms with Crippen molar-refractivity contribution in [3.8, 4) is 0 Å². The molecule has 1 aliphatic heterocycles. The highest BCUT2D eigenvalue weighted by Crippen LogP contribution is 1.95. The summed E-state index contributed by atoms with van der Waals surface area (Å²) < 4.78 is 4.90. The van der Waals surface area contributed by atoms with Gasteiger partial charge in [0.05, 0.1) is 0 Å². The van der Waals surface area contributed by atoms with Gasteiger partial charge in [-0.3, -0.25) is 0 Å². The van der Waals surface area contributed by atoms with Crippen LogP contribution in [0, 0.1) is 0 Å². The van der Waals surface area contributed by atoms with Gasteiger partial charge in [-0.1, -0.05) is 0 Å². The Balaban J connectivity index is 2.18. The van der Waals surface area contributed by atoms with Gasteiger partial charge in [0.15, 0.2) is 0 Å². The molecule has 0 saturated carbocycles. The monoisotopic (exact) mass is 141 g/mol. The van der Waals surface area contributed by atoms with Crippen LogP contribution < -0.4 is 5.32 Å². The van der Waals surface area contributed by atoms with Crippen LogP contribution in [0.2, 0.25) is 0 Å². The van der Waals surface area contributed by atoms with E-state index in [2.05, 4.69) is 17.1 Å². The number of nitrogens with one attached hydrogen (secondary N) is 1. The van der Waals surface area contributed by atoms with Crippen molar-refractivity contribution in [3.63, 3.8) is 0 Å². The molecule has 0 spiro atoms. The molecule has 0 unspecified atom stereocenters. The zero-order valence-corrected chi connectivity index (χ0v) is 6.63. The van der Waals surface area contributed by atoms with E-state index in [0.29, 0.717) is 6.04 Å². The number of hydrogen-bond acceptors (Lipinski definition) is 3. The first-order valence-corrected chi connectivity index (χ1v) is 3.66. The molecule has 1 heterocycles. The van der Waals surface area contributed by atoms with Crippen molar-refractivity contribution >= 4 is 7.62 Å². The lowest BCUT2D eigenvalue weighted by atomic mass is 10.1. The summed E-state index contributed by atoms with van der Waals surface area (Å²) in [6, 6.07) is 0.583. The van der Waals surface area contributed by atoms with Gasteiger partial charge in [-0.25, -0.2) is 0 Å². The second-order valence-electron chi connectivity index (χ2n) is 2.69. The average molecular weight is 141 g/mol. The molecule has 57 valence electrons. The van der Waals surface area contributed by atoms with Gasteiger partial charge >= 0.3 is 7.62 Å². The van der Waals surface area contributed by atoms with Crippen LogP contribution in [0.3, 0.4) is 0 Å². The molecule has 1 rings (SSSR count). The van der Waals surface area contributed by atoms with E-state index in [1.165, 1.54) is 0 Å². The third-order valence-corrected chi connectivity index (χ3v) is 1.65. The summed E-state index contributed by atoms with van der Waals surface area (Å²) in [4.78, 5) is 2.18. The van der Waals surface area contributed by atoms with Crippen LogP contribution >= 0.6 is 0 Å². The molecular weight excluding hydrogens is 127 g/mol. The van der Waals surface area contributed by atoms with Crippen molar-refractivity contribution in [2.24, 2.45) is 0 Å². The molecule has 1 atom stereocenters. The Morgan fingerprint density at radius 1 is 1.70 bits per heavy atom. The SMILES string of the molecule is CO[B]N1CCN[C@@H](C)C1. The maximum absolute atomic E-state index is 4.90. The van der Waals surface area contributed by atoms with Crippen LogP contribution in [0.5, 0.6) is 0 Å². The zero-order valence-electron chi connectivity index (χ0n) is 6.63. The van der Waals surface area contributed by atoms with E-state index in [1.807, 2.05) is 0 Å². The van der Waals surface area contributed by atoms with E-state index in [-0.39, 0.29) is 0 Å². The van der Waals surface area contributed by atoms with E-state index in [9.17, 15) is 0 Å². The Morgan fingerprint density at radius 2 is 2.50 bits per heavy atom. The van der Waals surface area contributed by atoms with Gasteiger partial charge in [0.2, 0.25) is 0 Å². The standard InChI is InChI=1S/C6H14BN2O/c1-6-5-9(7-10-2)4-3-8-6/h6,8H,3-5H2,1-2H3/t6-/m0/s1. The number of hydrogen-bond donors (Lipinski definition) is 1. The lowest BCUT2D eigenvalue weighted by Crippen LogP contribution is -2.50. The lowest BCUT2D eigenvalue weighted by Gasteiger charge is -2.30. The molecule has 1 aliphatic rings. The summed E-state index contributed by atoms with van der Waals surface area (Å²) in [5, 5.41) is 3.35. The Labute approximate surface area is 63.0 Å². The smallest absolute Gasteiger partial charge is 0.398 e. The van der Waals surface area contributed by atoms with Crippen LogP contribution in [-0.4, -0.2) is 45.2 Å². The highest BCUT2D eigenvalue weighted by molar-refractivity contribution is 6.23. The fourth-order valence-electron chi connectivity index (χ4n) is 1.21. The molecule has 0 aromatic rings. The van der Waals surface area contributed by atoms with Crippen LogP contribution in [-0.2, 0) is 4.65 Å². The second-order valence-corrected chi connectivity index (χ2v) is 2.69. The lowest BCUT2D eigenvalue weighted by molar-refractivity contribution is 0.274. The molecule has 0 amide bonds. The van der Waals surface area contributed by atoms with E-state index in [1.54, 1.807) is 14.7 Å². The van der Waals surface area contributed by atoms with Crippen molar-refractivity contribution in [1.82, 2.24) is 10.1 Å². The first-order valence-electron chi connectivity index (χ1n) is 3.66. The summed E-state index contributed by atoms with van der Waals surface area (Å²) in [5.74, 6) is 0. The average Bonchev–Trinajstić information content (AvgIpc) is 1.88. The molecule has 10 heavy (non-hydrogen) atoms. The van der Waals surface area contributed by atoms with Crippen LogP contribution in [0.15, 0.2) is 0 Å². The molecule has 0 aliphatic carbocycles. The van der Waals surface area contributed by atoms with Crippen LogP contribution in [0.1, 0.15) is 6.92 Å². The minimum absolute atomic E-state index is 0.583. The maximum atomic E-state index is 4.90. The van der Waals surface area contributed by atoms with Crippen molar-refractivity contribution in [3.05, 3.63) is 0 Å². The third kappa shape index (κ3) is 2.29. The Hall–Kier alpha value is -0.0551. The van der Waals surface area contributed by atoms with Crippen molar-refractivity contribution in [2.45, 2.75) is 13.0 Å². The summed E-state index contributed by atoms with van der Waals surface area (Å²) in [5.41, 5.74) is 0. The minimum atomic E-state index is 0.583. The molecule has 0 aromatic heterocycles. The van der Waals surface area contributed by atoms with E-state index >= 15 is 0 Å². The largest absolute Gasteiger partial charge is 0.427 e. The van der Waals surface area contributed by atoms with Gasteiger partial charge in [0.1, 0.15) is 0 Å². The summed E-state index contributed by atoms with van der Waals surface area (Å²) in [6.45, 7) is 5.34. The normalized spacial score (nSPS) is 28.4. The van der Waals surface area contributed by atoms with Crippen molar-refractivity contribution in [2.75, 3.05) is 26.7 Å². The van der Waals surface area contributed by atoms with E-state index < -0.39 is 0 Å². The van der Waals surface area contributed by atoms with E-state index in [4.69, 9.17) is 4.65 Å². The van der Waals surface area contributed by atoms with Crippen molar-refractivity contribution in [1.29, 1.82) is 0 Å². The first-order chi connectivity index (χ1) is 4.83. The van der Waals surface area contributed by atoms with Gasteiger partial charge < -0.3 is 14.8 Å². The van der Waals surface area contributed by atoms with Crippen molar-refractivity contribution < 1.29 is 4.65 Å². The topological polar surface area (TPSA) is 24.5 Å². The molecule has 1 N–H and O–H groups in total. The quantitative estimate of drug-likeness (QED) is 0.522. The highest BCUT2D eigenvalue weighted by Gasteiger charge is 2.15. The number of rotatable bonds is 2. The van der Waals surface area contributed by atoms with Gasteiger partial charge in [-0.05, 0) is 6.92 Å². The molecule has 0 bridgehead atoms. The molecule has 4 heteroatoms. The number of nitrogens with zero attached hydrogens (tertiary/aromatic N) is 1. The maximum Gasteiger partial charge on any atom is 0.398 e. The van der Waals surface area contributed by atoms with Gasteiger partial charge in [-0.15, -0.1) is 0 Å². The summed E-state index contributed by atoms with van der Waals surface area (Å²) in [7, 11) is 3.48. The van der Waals surface area contributed by atoms with Gasteiger partial charge in [0.25, 0.3) is 0 Å². The van der Waals surface area contributed by atoms with Crippen LogP contribution in [0.4, 0.5) is 0 Å². The fourth-order valence-corrected chi connectivity index (χ4v) is 1.21. The zero-order chi connectivity index (χ0) is 7.40. The number of piperazine rings is 1. The van der Waals surface area contributed by atoms with Crippen LogP contribution in [0.25, 0.3) is 0 Å². The summed E-state index contributed by atoms with van der Waals surface area (Å²) >= 11 is 0. The minimum Gasteiger partial charge on any atom is -0.427 e. The predicted molar refractivity (Wildman–Crippen MR) is 41.8 cm³/mol. The van der Waals surface area contributed by atoms with Gasteiger partial charge in [-0.2, -0.15) is 0 Å².